The number of nitrogens with zero attached hydrogens (tertiary/aromatic N) is 4. The molecule has 6 aromatic rings. The molecule has 2 aromatic heterocycles. The molecule has 0 aliphatic carbocycles. The van der Waals surface area contributed by atoms with Crippen LogP contribution in [-0.4, -0.2) is 22.1 Å². The van der Waals surface area contributed by atoms with Crippen molar-refractivity contribution in [2.24, 2.45) is 0 Å². The molecule has 0 bridgehead atoms. The van der Waals surface area contributed by atoms with Gasteiger partial charge in [0.2, 0.25) is 5.88 Å². The van der Waals surface area contributed by atoms with Gasteiger partial charge in [0.15, 0.2) is 0 Å². The molecule has 0 saturated heterocycles. The summed E-state index contributed by atoms with van der Waals surface area (Å²) in [7, 11) is 0. The van der Waals surface area contributed by atoms with Crippen LogP contribution in [0.2, 0.25) is 0 Å². The normalized spacial score (nSPS) is 12.5. The van der Waals surface area contributed by atoms with E-state index in [0.717, 1.165) is 28.3 Å². The molecule has 0 spiro atoms. The molecule has 0 radical (unpaired) electrons. The molecule has 0 atom stereocenters. The minimum absolute atomic E-state index is 0. The minimum atomic E-state index is -0.151. The summed E-state index contributed by atoms with van der Waals surface area (Å²) in [5.41, 5.74) is 10.2. The molecule has 4 heterocycles. The predicted octanol–water partition coefficient (Wildman–Crippen LogP) is 7.72. The molecule has 0 unspecified atom stereocenters. The number of aryl methyl sites for hydroxylation is 2. The molecule has 8 rings (SSSR count). The van der Waals surface area contributed by atoms with Crippen molar-refractivity contribution >= 4 is 35.3 Å². The average Bonchev–Trinajstić information content (AvgIpc) is 3.37. The zero-order chi connectivity index (χ0) is 29.1. The van der Waals surface area contributed by atoms with Gasteiger partial charge in [-0.15, -0.1) is 17.7 Å². The van der Waals surface area contributed by atoms with Crippen LogP contribution in [-0.2, 0) is 21.1 Å². The third-order valence-electron chi connectivity index (χ3n) is 8.21. The Morgan fingerprint density at radius 1 is 0.727 bits per heavy atom. The fourth-order valence-corrected chi connectivity index (χ4v) is 6.38. The molecule has 2 aliphatic rings. The molecule has 8 heteroatoms. The number of aromatic hydroxyl groups is 1. The van der Waals surface area contributed by atoms with Crippen LogP contribution in [0, 0.1) is 19.9 Å². The zero-order valence-corrected chi connectivity index (χ0v) is 26.3. The molecule has 216 valence electrons. The molecule has 0 fully saturated rings. The molecule has 1 N–H and O–H groups in total. The first kappa shape index (κ1) is 27.9. The van der Waals surface area contributed by atoms with Gasteiger partial charge in [-0.1, -0.05) is 71.9 Å². The van der Waals surface area contributed by atoms with Crippen LogP contribution in [0.5, 0.6) is 17.4 Å². The molecule has 0 saturated carbocycles. The summed E-state index contributed by atoms with van der Waals surface area (Å²) < 4.78 is 6.31. The largest absolute Gasteiger partial charge is 0.507 e. The van der Waals surface area contributed by atoms with E-state index in [0.29, 0.717) is 22.9 Å². The first-order valence-corrected chi connectivity index (χ1v) is 14.3. The Kier molecular flexibility index (Phi) is 6.98. The second-order valence-corrected chi connectivity index (χ2v) is 10.9. The Bertz CT molecular complexity index is 2030. The number of hydrogen-bond donors (Lipinski definition) is 1. The number of aromatic nitrogens is 2. The van der Waals surface area contributed by atoms with E-state index in [9.17, 15) is 5.11 Å². The van der Waals surface area contributed by atoms with Crippen molar-refractivity contribution in [3.8, 4) is 39.8 Å². The van der Waals surface area contributed by atoms with Gasteiger partial charge in [-0.25, -0.2) is 9.97 Å². The van der Waals surface area contributed by atoms with Crippen LogP contribution in [0.3, 0.4) is 0 Å². The van der Waals surface area contributed by atoms with Crippen molar-refractivity contribution in [1.82, 2.24) is 9.97 Å². The van der Waals surface area contributed by atoms with Crippen molar-refractivity contribution in [3.05, 3.63) is 133 Å². The van der Waals surface area contributed by atoms with Crippen LogP contribution < -0.4 is 19.8 Å². The van der Waals surface area contributed by atoms with Crippen molar-refractivity contribution in [2.45, 2.75) is 13.8 Å². The molecule has 2 aliphatic heterocycles. The van der Waals surface area contributed by atoms with Crippen LogP contribution in [0.4, 0.5) is 22.9 Å². The molecular weight excluding hydrogens is 726 g/mol. The Balaban J connectivity index is 0.00000312. The van der Waals surface area contributed by atoms with Gasteiger partial charge in [0, 0.05) is 50.3 Å². The maximum Gasteiger partial charge on any atom is 0.419 e. The summed E-state index contributed by atoms with van der Waals surface area (Å²) >= 11 is 0. The number of benzene rings is 4. The number of hydrogen-bond acceptors (Lipinski definition) is 6. The summed E-state index contributed by atoms with van der Waals surface area (Å²) in [5.74, 6) is 2.01. The number of anilines is 4. The second kappa shape index (κ2) is 11.0. The van der Waals surface area contributed by atoms with E-state index < -0.39 is 0 Å². The van der Waals surface area contributed by atoms with Gasteiger partial charge >= 0.3 is 6.98 Å². The quantitative estimate of drug-likeness (QED) is 0.147. The first-order valence-electron chi connectivity index (χ1n) is 14.3. The number of fused-ring (bicyclic) bond motifs is 8. The maximum atomic E-state index is 10.4. The number of pyridine rings is 2. The Morgan fingerprint density at radius 3 is 2.30 bits per heavy atom. The number of phenols is 1. The molecule has 0 amide bonds. The number of ether oxygens (including phenoxy) is 1. The average molecular weight is 753 g/mol. The number of phenolic OH excluding ortho intramolecular Hbond substituents is 1. The van der Waals surface area contributed by atoms with Crippen LogP contribution >= 0.6 is 0 Å². The van der Waals surface area contributed by atoms with Gasteiger partial charge in [-0.3, -0.25) is 0 Å². The SMILES string of the molecule is Cc1cccc(C)c1N1B2c3ccccc3-c3ccc(Oc4cccc(-c5ccccc5O)n4)[c-]c3N2c2ncccc21.[Pt]. The Morgan fingerprint density at radius 2 is 1.48 bits per heavy atom. The molecule has 4 aromatic carbocycles. The van der Waals surface area contributed by atoms with E-state index in [4.69, 9.17) is 9.72 Å². The third kappa shape index (κ3) is 4.39. The van der Waals surface area contributed by atoms with Gasteiger partial charge in [-0.05, 0) is 60.8 Å². The van der Waals surface area contributed by atoms with E-state index in [1.807, 2.05) is 48.7 Å². The van der Waals surface area contributed by atoms with Crippen molar-refractivity contribution in [1.29, 1.82) is 0 Å². The van der Waals surface area contributed by atoms with E-state index in [-0.39, 0.29) is 33.8 Å². The molecular formula is C36H26BN4O2Pt-. The Labute approximate surface area is 271 Å². The van der Waals surface area contributed by atoms with Crippen LogP contribution in [0.15, 0.2) is 115 Å². The first-order chi connectivity index (χ1) is 21.1. The zero-order valence-electron chi connectivity index (χ0n) is 24.0. The van der Waals surface area contributed by atoms with Crippen molar-refractivity contribution in [2.75, 3.05) is 9.62 Å². The molecule has 44 heavy (non-hydrogen) atoms. The van der Waals surface area contributed by atoms with E-state index in [1.54, 1.807) is 12.1 Å². The van der Waals surface area contributed by atoms with Crippen LogP contribution in [0.25, 0.3) is 22.4 Å². The summed E-state index contributed by atoms with van der Waals surface area (Å²) in [5, 5.41) is 10.4. The van der Waals surface area contributed by atoms with Gasteiger partial charge in [0.25, 0.3) is 0 Å². The fourth-order valence-electron chi connectivity index (χ4n) is 6.38. The summed E-state index contributed by atoms with van der Waals surface area (Å²) in [4.78, 5) is 14.3. The topological polar surface area (TPSA) is 61.7 Å². The minimum Gasteiger partial charge on any atom is -0.507 e. The summed E-state index contributed by atoms with van der Waals surface area (Å²) in [6, 6.07) is 39.5. The van der Waals surface area contributed by atoms with Gasteiger partial charge in [-0.2, -0.15) is 6.07 Å². The monoisotopic (exact) mass is 752 g/mol. The Hall–Kier alpha value is -4.87. The molecule has 6 nitrogen and oxygen atoms in total. The predicted molar refractivity (Wildman–Crippen MR) is 172 cm³/mol. The summed E-state index contributed by atoms with van der Waals surface area (Å²) in [6.07, 6.45) is 1.85. The van der Waals surface area contributed by atoms with Gasteiger partial charge in [0.1, 0.15) is 11.6 Å². The fraction of sp³-hybridized carbons (Fsp3) is 0.0556. The second-order valence-electron chi connectivity index (χ2n) is 10.9. The van der Waals surface area contributed by atoms with Crippen LogP contribution in [0.1, 0.15) is 11.1 Å². The van der Waals surface area contributed by atoms with E-state index >= 15 is 0 Å². The van der Waals surface area contributed by atoms with Gasteiger partial charge < -0.3 is 19.5 Å². The van der Waals surface area contributed by atoms with Crippen molar-refractivity contribution in [3.63, 3.8) is 0 Å². The summed E-state index contributed by atoms with van der Waals surface area (Å²) in [6.45, 7) is 4.18. The van der Waals surface area contributed by atoms with Crippen molar-refractivity contribution < 1.29 is 30.9 Å². The standard InChI is InChI=1S/C36H26BN4O2.Pt/c1-23-10-7-11-24(2)35(23)40-31-16-9-21-38-36(31)41-32-22-25(19-20-27(32)26-12-3-5-14-29(26)37(40)41)43-34-18-8-15-30(39-34)28-13-4-6-17-33(28)42;/h3-21,42H,1-2H3;/q-1;. The van der Waals surface area contributed by atoms with E-state index in [1.165, 1.54) is 22.3 Å². The van der Waals surface area contributed by atoms with Gasteiger partial charge in [0.05, 0.1) is 11.4 Å². The third-order valence-corrected chi connectivity index (χ3v) is 8.21. The number of rotatable bonds is 4. The smallest absolute Gasteiger partial charge is 0.419 e. The number of para-hydroxylation sites is 2. The van der Waals surface area contributed by atoms with E-state index in [2.05, 4.69) is 89.1 Å². The maximum absolute atomic E-state index is 10.4.